The van der Waals surface area contributed by atoms with E-state index in [1.807, 2.05) is 13.0 Å². The molecule has 0 aromatic carbocycles. The molecular formula is C12H12N2O2. The van der Waals surface area contributed by atoms with E-state index in [-0.39, 0.29) is 5.97 Å². The molecule has 0 aliphatic heterocycles. The molecular weight excluding hydrogens is 204 g/mol. The van der Waals surface area contributed by atoms with E-state index >= 15 is 0 Å². The average molecular weight is 216 g/mol. The summed E-state index contributed by atoms with van der Waals surface area (Å²) in [4.78, 5) is 18.5. The van der Waals surface area contributed by atoms with Crippen LogP contribution in [0.25, 0.3) is 11.1 Å². The predicted molar refractivity (Wildman–Crippen MR) is 60.1 cm³/mol. The van der Waals surface area contributed by atoms with Gasteiger partial charge in [0.25, 0.3) is 0 Å². The number of esters is 1. The summed E-state index contributed by atoms with van der Waals surface area (Å²) < 4.78 is 4.72. The molecule has 2 rings (SSSR count). The minimum absolute atomic E-state index is 0.348. The van der Waals surface area contributed by atoms with Crippen LogP contribution in [0, 0.1) is 6.92 Å². The average Bonchev–Trinajstić information content (AvgIpc) is 2.77. The third-order valence-corrected chi connectivity index (χ3v) is 2.48. The fourth-order valence-corrected chi connectivity index (χ4v) is 1.61. The van der Waals surface area contributed by atoms with E-state index in [0.717, 1.165) is 16.7 Å². The second-order valence-electron chi connectivity index (χ2n) is 3.46. The van der Waals surface area contributed by atoms with E-state index in [2.05, 4.69) is 9.97 Å². The maximum absolute atomic E-state index is 11.5. The molecule has 82 valence electrons. The molecule has 0 fully saturated rings. The first kappa shape index (κ1) is 10.4. The largest absolute Gasteiger partial charge is 0.465 e. The quantitative estimate of drug-likeness (QED) is 0.783. The van der Waals surface area contributed by atoms with Crippen LogP contribution < -0.4 is 0 Å². The summed E-state index contributed by atoms with van der Waals surface area (Å²) in [6, 6.07) is 1.91. The molecule has 0 aliphatic rings. The lowest BCUT2D eigenvalue weighted by Crippen LogP contribution is -2.01. The van der Waals surface area contributed by atoms with E-state index in [1.165, 1.54) is 7.11 Å². The number of H-pyrrole nitrogens is 1. The Morgan fingerprint density at radius 1 is 1.38 bits per heavy atom. The summed E-state index contributed by atoms with van der Waals surface area (Å²) >= 11 is 0. The molecule has 0 spiro atoms. The number of carbonyl (C=O) groups is 1. The van der Waals surface area contributed by atoms with Crippen molar-refractivity contribution in [2.24, 2.45) is 0 Å². The van der Waals surface area contributed by atoms with Crippen LogP contribution in [0.2, 0.25) is 0 Å². The number of ether oxygens (including phenoxy) is 1. The van der Waals surface area contributed by atoms with Crippen LogP contribution in [-0.4, -0.2) is 23.0 Å². The van der Waals surface area contributed by atoms with Crippen molar-refractivity contribution >= 4 is 5.97 Å². The van der Waals surface area contributed by atoms with Gasteiger partial charge in [-0.3, -0.25) is 4.98 Å². The zero-order valence-electron chi connectivity index (χ0n) is 9.15. The third-order valence-electron chi connectivity index (χ3n) is 2.48. The first-order valence-corrected chi connectivity index (χ1v) is 4.90. The van der Waals surface area contributed by atoms with Crippen molar-refractivity contribution in [1.29, 1.82) is 0 Å². The number of hydrogen-bond acceptors (Lipinski definition) is 3. The van der Waals surface area contributed by atoms with Gasteiger partial charge in [-0.05, 0) is 18.6 Å². The molecule has 2 aromatic rings. The zero-order chi connectivity index (χ0) is 11.5. The number of aromatic amines is 1. The lowest BCUT2D eigenvalue weighted by molar-refractivity contribution is 0.0602. The van der Waals surface area contributed by atoms with E-state index in [1.54, 1.807) is 24.8 Å². The number of methoxy groups -OCH3 is 1. The highest BCUT2D eigenvalue weighted by atomic mass is 16.5. The van der Waals surface area contributed by atoms with Gasteiger partial charge >= 0.3 is 5.97 Å². The molecule has 0 atom stereocenters. The first-order chi connectivity index (χ1) is 7.74. The van der Waals surface area contributed by atoms with Crippen molar-refractivity contribution < 1.29 is 9.53 Å². The van der Waals surface area contributed by atoms with Crippen molar-refractivity contribution in [3.63, 3.8) is 0 Å². The number of aromatic nitrogens is 2. The predicted octanol–water partition coefficient (Wildman–Crippen LogP) is 2.17. The van der Waals surface area contributed by atoms with Crippen LogP contribution >= 0.6 is 0 Å². The lowest BCUT2D eigenvalue weighted by atomic mass is 10.0. The second kappa shape index (κ2) is 4.18. The number of hydrogen-bond donors (Lipinski definition) is 1. The van der Waals surface area contributed by atoms with Crippen molar-refractivity contribution in [1.82, 2.24) is 9.97 Å². The number of nitrogens with zero attached hydrogens (tertiary/aromatic N) is 1. The molecule has 0 saturated heterocycles. The van der Waals surface area contributed by atoms with E-state index in [9.17, 15) is 4.79 Å². The van der Waals surface area contributed by atoms with Gasteiger partial charge in [-0.1, -0.05) is 0 Å². The molecule has 0 amide bonds. The maximum Gasteiger partial charge on any atom is 0.340 e. The van der Waals surface area contributed by atoms with Crippen LogP contribution in [0.15, 0.2) is 30.9 Å². The molecule has 0 radical (unpaired) electrons. The van der Waals surface area contributed by atoms with Gasteiger partial charge < -0.3 is 9.72 Å². The van der Waals surface area contributed by atoms with Gasteiger partial charge in [0.05, 0.1) is 12.7 Å². The fraction of sp³-hybridized carbons (Fsp3) is 0.167. The Bertz CT molecular complexity index is 517. The van der Waals surface area contributed by atoms with Crippen molar-refractivity contribution in [3.05, 3.63) is 42.0 Å². The zero-order valence-corrected chi connectivity index (χ0v) is 9.15. The molecule has 4 heteroatoms. The van der Waals surface area contributed by atoms with Gasteiger partial charge in [0.1, 0.15) is 0 Å². The summed E-state index contributed by atoms with van der Waals surface area (Å²) in [5, 5.41) is 0. The minimum atomic E-state index is -0.348. The molecule has 0 bridgehead atoms. The van der Waals surface area contributed by atoms with Gasteiger partial charge in [-0.15, -0.1) is 0 Å². The van der Waals surface area contributed by atoms with E-state index in [0.29, 0.717) is 5.56 Å². The number of pyridine rings is 1. The molecule has 0 unspecified atom stereocenters. The standard InChI is InChI=1S/C12H12N2O2/c1-8-3-4-13-5-9(8)10-6-14-7-11(10)12(15)16-2/h3-7,14H,1-2H3. The summed E-state index contributed by atoms with van der Waals surface area (Å²) in [5.74, 6) is -0.348. The number of carbonyl (C=O) groups excluding carboxylic acids is 1. The summed E-state index contributed by atoms with van der Waals surface area (Å²) in [6.07, 6.45) is 6.87. The molecule has 4 nitrogen and oxygen atoms in total. The van der Waals surface area contributed by atoms with E-state index in [4.69, 9.17) is 4.74 Å². The van der Waals surface area contributed by atoms with Crippen LogP contribution in [0.3, 0.4) is 0 Å². The highest BCUT2D eigenvalue weighted by Gasteiger charge is 2.15. The van der Waals surface area contributed by atoms with Crippen molar-refractivity contribution in [2.45, 2.75) is 6.92 Å². The van der Waals surface area contributed by atoms with Crippen LogP contribution in [0.4, 0.5) is 0 Å². The summed E-state index contributed by atoms with van der Waals surface area (Å²) in [5.41, 5.74) is 3.35. The lowest BCUT2D eigenvalue weighted by Gasteiger charge is -2.04. The van der Waals surface area contributed by atoms with E-state index < -0.39 is 0 Å². The molecule has 2 aromatic heterocycles. The van der Waals surface area contributed by atoms with Gasteiger partial charge in [-0.2, -0.15) is 0 Å². The fourth-order valence-electron chi connectivity index (χ4n) is 1.61. The number of nitrogens with one attached hydrogen (secondary N) is 1. The SMILES string of the molecule is COC(=O)c1c[nH]cc1-c1cnccc1C. The summed E-state index contributed by atoms with van der Waals surface area (Å²) in [7, 11) is 1.37. The minimum Gasteiger partial charge on any atom is -0.465 e. The normalized spacial score (nSPS) is 10.1. The molecule has 1 N–H and O–H groups in total. The Morgan fingerprint density at radius 3 is 2.88 bits per heavy atom. The van der Waals surface area contributed by atoms with Crippen molar-refractivity contribution in [2.75, 3.05) is 7.11 Å². The molecule has 0 saturated carbocycles. The Kier molecular flexibility index (Phi) is 2.72. The molecule has 16 heavy (non-hydrogen) atoms. The Morgan fingerprint density at radius 2 is 2.19 bits per heavy atom. The Labute approximate surface area is 93.3 Å². The van der Waals surface area contributed by atoms with Gasteiger partial charge in [0, 0.05) is 35.9 Å². The monoisotopic (exact) mass is 216 g/mol. The van der Waals surface area contributed by atoms with Gasteiger partial charge in [-0.25, -0.2) is 4.79 Å². The summed E-state index contributed by atoms with van der Waals surface area (Å²) in [6.45, 7) is 1.98. The van der Waals surface area contributed by atoms with Crippen LogP contribution in [0.5, 0.6) is 0 Å². The molecule has 0 aliphatic carbocycles. The second-order valence-corrected chi connectivity index (χ2v) is 3.46. The van der Waals surface area contributed by atoms with Crippen molar-refractivity contribution in [3.8, 4) is 11.1 Å². The van der Waals surface area contributed by atoms with Gasteiger partial charge in [0.15, 0.2) is 0 Å². The van der Waals surface area contributed by atoms with Crippen LogP contribution in [-0.2, 0) is 4.74 Å². The number of aryl methyl sites for hydroxylation is 1. The Balaban J connectivity index is 2.53. The highest BCUT2D eigenvalue weighted by Crippen LogP contribution is 2.26. The number of rotatable bonds is 2. The maximum atomic E-state index is 11.5. The smallest absolute Gasteiger partial charge is 0.340 e. The first-order valence-electron chi connectivity index (χ1n) is 4.90. The third kappa shape index (κ3) is 1.69. The Hall–Kier alpha value is -2.10. The highest BCUT2D eigenvalue weighted by molar-refractivity contribution is 5.97. The topological polar surface area (TPSA) is 55.0 Å². The van der Waals surface area contributed by atoms with Crippen LogP contribution in [0.1, 0.15) is 15.9 Å². The van der Waals surface area contributed by atoms with Gasteiger partial charge in [0.2, 0.25) is 0 Å². The molecule has 2 heterocycles.